The molecule has 0 rings (SSSR count). The van der Waals surface area contributed by atoms with Crippen LogP contribution in [0.4, 0.5) is 0 Å². The standard InChI is InChI=1S/C6H11ClO4/c7-3-1-4-10-5-2-6(8)11-9/h9H,1-5H2. The van der Waals surface area contributed by atoms with Crippen molar-refractivity contribution in [3.63, 3.8) is 0 Å². The van der Waals surface area contributed by atoms with Gasteiger partial charge in [0.05, 0.1) is 13.0 Å². The topological polar surface area (TPSA) is 55.8 Å². The number of hydrogen-bond donors (Lipinski definition) is 1. The van der Waals surface area contributed by atoms with Crippen molar-refractivity contribution in [2.75, 3.05) is 19.1 Å². The van der Waals surface area contributed by atoms with Crippen molar-refractivity contribution in [1.29, 1.82) is 0 Å². The molecule has 0 radical (unpaired) electrons. The van der Waals surface area contributed by atoms with E-state index in [4.69, 9.17) is 21.6 Å². The van der Waals surface area contributed by atoms with Crippen LogP contribution in [-0.4, -0.2) is 30.3 Å². The highest BCUT2D eigenvalue weighted by molar-refractivity contribution is 6.17. The monoisotopic (exact) mass is 182 g/mol. The van der Waals surface area contributed by atoms with E-state index in [9.17, 15) is 4.79 Å². The molecule has 0 saturated heterocycles. The Kier molecular flexibility index (Phi) is 7.56. The summed E-state index contributed by atoms with van der Waals surface area (Å²) in [6, 6.07) is 0. The van der Waals surface area contributed by atoms with Crippen LogP contribution in [-0.2, 0) is 14.4 Å². The van der Waals surface area contributed by atoms with Crippen molar-refractivity contribution < 1.29 is 19.7 Å². The zero-order valence-electron chi connectivity index (χ0n) is 6.09. The number of ether oxygens (including phenoxy) is 1. The van der Waals surface area contributed by atoms with Crippen LogP contribution in [0.15, 0.2) is 0 Å². The third-order valence-corrected chi connectivity index (χ3v) is 1.24. The van der Waals surface area contributed by atoms with Gasteiger partial charge >= 0.3 is 5.97 Å². The second-order valence-electron chi connectivity index (χ2n) is 1.87. The van der Waals surface area contributed by atoms with Gasteiger partial charge in [-0.15, -0.1) is 11.6 Å². The van der Waals surface area contributed by atoms with E-state index in [1.165, 1.54) is 0 Å². The van der Waals surface area contributed by atoms with Crippen LogP contribution in [0.3, 0.4) is 0 Å². The predicted molar refractivity (Wildman–Crippen MR) is 39.5 cm³/mol. The third-order valence-electron chi connectivity index (χ3n) is 0.975. The number of rotatable bonds is 6. The van der Waals surface area contributed by atoms with Gasteiger partial charge in [-0.05, 0) is 6.42 Å². The Morgan fingerprint density at radius 3 is 2.73 bits per heavy atom. The number of carbonyl (C=O) groups excluding carboxylic acids is 1. The molecule has 0 spiro atoms. The van der Waals surface area contributed by atoms with Gasteiger partial charge in [0.1, 0.15) is 0 Å². The number of hydrogen-bond acceptors (Lipinski definition) is 4. The summed E-state index contributed by atoms with van der Waals surface area (Å²) in [5.74, 6) is -0.138. The van der Waals surface area contributed by atoms with Crippen LogP contribution in [0.2, 0.25) is 0 Å². The molecule has 0 aliphatic heterocycles. The molecular formula is C6H11ClO4. The van der Waals surface area contributed by atoms with Gasteiger partial charge in [-0.3, -0.25) is 0 Å². The number of alkyl halides is 1. The first kappa shape index (κ1) is 10.7. The fourth-order valence-electron chi connectivity index (χ4n) is 0.460. The van der Waals surface area contributed by atoms with Crippen LogP contribution in [0.5, 0.6) is 0 Å². The third kappa shape index (κ3) is 7.58. The molecule has 0 aromatic heterocycles. The van der Waals surface area contributed by atoms with Crippen LogP contribution in [0, 0.1) is 0 Å². The maximum atomic E-state index is 10.3. The van der Waals surface area contributed by atoms with Crippen molar-refractivity contribution in [1.82, 2.24) is 0 Å². The number of carbonyl (C=O) groups is 1. The molecule has 0 saturated carbocycles. The lowest BCUT2D eigenvalue weighted by Crippen LogP contribution is -2.06. The van der Waals surface area contributed by atoms with Crippen LogP contribution in [0.25, 0.3) is 0 Å². The molecule has 66 valence electrons. The highest BCUT2D eigenvalue weighted by Gasteiger charge is 2.00. The van der Waals surface area contributed by atoms with E-state index in [0.717, 1.165) is 6.42 Å². The quantitative estimate of drug-likeness (QED) is 0.289. The lowest BCUT2D eigenvalue weighted by Gasteiger charge is -1.99. The van der Waals surface area contributed by atoms with Crippen molar-refractivity contribution >= 4 is 17.6 Å². The average molecular weight is 183 g/mol. The van der Waals surface area contributed by atoms with Gasteiger partial charge in [-0.1, -0.05) is 0 Å². The lowest BCUT2D eigenvalue weighted by molar-refractivity contribution is -0.235. The molecule has 0 fully saturated rings. The van der Waals surface area contributed by atoms with Gasteiger partial charge in [-0.2, -0.15) is 5.26 Å². The van der Waals surface area contributed by atoms with Gasteiger partial charge in [0.2, 0.25) is 0 Å². The molecule has 11 heavy (non-hydrogen) atoms. The Morgan fingerprint density at radius 2 is 2.18 bits per heavy atom. The molecule has 0 unspecified atom stereocenters. The Balaban J connectivity index is 2.95. The van der Waals surface area contributed by atoms with Crippen LogP contribution in [0.1, 0.15) is 12.8 Å². The fraction of sp³-hybridized carbons (Fsp3) is 0.833. The van der Waals surface area contributed by atoms with Gasteiger partial charge in [-0.25, -0.2) is 4.79 Å². The molecule has 0 aliphatic rings. The maximum absolute atomic E-state index is 10.3. The first-order chi connectivity index (χ1) is 5.31. The summed E-state index contributed by atoms with van der Waals surface area (Å²) < 4.78 is 4.95. The minimum Gasteiger partial charge on any atom is -0.381 e. The van der Waals surface area contributed by atoms with E-state index in [-0.39, 0.29) is 13.0 Å². The molecule has 0 atom stereocenters. The van der Waals surface area contributed by atoms with Crippen LogP contribution < -0.4 is 0 Å². The summed E-state index contributed by atoms with van der Waals surface area (Å²) in [6.45, 7) is 0.790. The highest BCUT2D eigenvalue weighted by atomic mass is 35.5. The molecule has 0 aromatic rings. The smallest absolute Gasteiger partial charge is 0.344 e. The Morgan fingerprint density at radius 1 is 1.45 bits per heavy atom. The summed E-state index contributed by atoms with van der Waals surface area (Å²) in [5, 5.41) is 7.81. The largest absolute Gasteiger partial charge is 0.381 e. The van der Waals surface area contributed by atoms with E-state index < -0.39 is 5.97 Å². The van der Waals surface area contributed by atoms with Crippen LogP contribution >= 0.6 is 11.6 Å². The average Bonchev–Trinajstić information content (AvgIpc) is 2.04. The van der Waals surface area contributed by atoms with Crippen molar-refractivity contribution in [2.45, 2.75) is 12.8 Å². The summed E-state index contributed by atoms with van der Waals surface area (Å²) in [4.78, 5) is 13.7. The Labute approximate surface area is 70.0 Å². The second-order valence-corrected chi connectivity index (χ2v) is 2.25. The van der Waals surface area contributed by atoms with Crippen molar-refractivity contribution in [2.24, 2.45) is 0 Å². The normalized spacial score (nSPS) is 9.64. The van der Waals surface area contributed by atoms with E-state index >= 15 is 0 Å². The summed E-state index contributed by atoms with van der Waals surface area (Å²) in [7, 11) is 0. The fourth-order valence-corrected chi connectivity index (χ4v) is 0.569. The first-order valence-corrected chi connectivity index (χ1v) is 3.82. The van der Waals surface area contributed by atoms with E-state index in [2.05, 4.69) is 4.89 Å². The van der Waals surface area contributed by atoms with Gasteiger partial charge < -0.3 is 9.62 Å². The summed E-state index contributed by atoms with van der Waals surface area (Å²) in [6.07, 6.45) is 0.828. The molecular weight excluding hydrogens is 172 g/mol. The molecule has 0 bridgehead atoms. The highest BCUT2D eigenvalue weighted by Crippen LogP contribution is 1.89. The predicted octanol–water partition coefficient (Wildman–Crippen LogP) is 1.04. The van der Waals surface area contributed by atoms with Gasteiger partial charge in [0.15, 0.2) is 0 Å². The SMILES string of the molecule is O=C(CCOCCCCl)OO. The van der Waals surface area contributed by atoms with Crippen molar-refractivity contribution in [3.05, 3.63) is 0 Å². The van der Waals surface area contributed by atoms with Gasteiger partial charge in [0, 0.05) is 12.5 Å². The molecule has 0 amide bonds. The Hall–Kier alpha value is -0.320. The summed E-state index contributed by atoms with van der Waals surface area (Å²) in [5.41, 5.74) is 0. The summed E-state index contributed by atoms with van der Waals surface area (Å²) >= 11 is 5.36. The van der Waals surface area contributed by atoms with E-state index in [1.807, 2.05) is 0 Å². The first-order valence-electron chi connectivity index (χ1n) is 3.29. The molecule has 4 nitrogen and oxygen atoms in total. The molecule has 1 N–H and O–H groups in total. The zero-order valence-corrected chi connectivity index (χ0v) is 6.84. The lowest BCUT2D eigenvalue weighted by atomic mass is 10.4. The van der Waals surface area contributed by atoms with Gasteiger partial charge in [0.25, 0.3) is 0 Å². The maximum Gasteiger partial charge on any atom is 0.344 e. The molecule has 5 heteroatoms. The Bertz CT molecular complexity index is 107. The molecule has 0 heterocycles. The minimum absolute atomic E-state index is 0.0682. The molecule has 0 aliphatic carbocycles. The number of halogens is 1. The van der Waals surface area contributed by atoms with E-state index in [1.54, 1.807) is 0 Å². The van der Waals surface area contributed by atoms with E-state index in [0.29, 0.717) is 12.5 Å². The van der Waals surface area contributed by atoms with Crippen molar-refractivity contribution in [3.8, 4) is 0 Å². The zero-order chi connectivity index (χ0) is 8.53. The second kappa shape index (κ2) is 7.78. The minimum atomic E-state index is -0.684. The molecule has 0 aromatic carbocycles.